The van der Waals surface area contributed by atoms with Crippen LogP contribution in [-0.2, 0) is 0 Å². The highest BCUT2D eigenvalue weighted by molar-refractivity contribution is 5.99. The fraction of sp³-hybridized carbons (Fsp3) is 0.200. The molecule has 1 aliphatic rings. The Morgan fingerprint density at radius 1 is 1.69 bits per heavy atom. The van der Waals surface area contributed by atoms with E-state index < -0.39 is 0 Å². The smallest absolute Gasteiger partial charge is 0.222 e. The van der Waals surface area contributed by atoms with Crippen LogP contribution in [0.4, 0.5) is 0 Å². The second kappa shape index (κ2) is 2.69. The first-order valence-electron chi connectivity index (χ1n) is 4.05. The van der Waals surface area contributed by atoms with Crippen LogP contribution in [0.3, 0.4) is 0 Å². The van der Waals surface area contributed by atoms with Crippen molar-refractivity contribution in [3.63, 3.8) is 0 Å². The lowest BCUT2D eigenvalue weighted by atomic mass is 10.1. The van der Waals surface area contributed by atoms with Gasteiger partial charge in [0.25, 0.3) is 0 Å². The van der Waals surface area contributed by atoms with Crippen LogP contribution in [0.2, 0.25) is 0 Å². The molecule has 0 fully saturated rings. The highest BCUT2D eigenvalue weighted by atomic mass is 16.4. The lowest BCUT2D eigenvalue weighted by Crippen LogP contribution is -2.01. The fourth-order valence-corrected chi connectivity index (χ4v) is 1.20. The van der Waals surface area contributed by atoms with Crippen molar-refractivity contribution in [2.75, 3.05) is 0 Å². The first kappa shape index (κ1) is 7.98. The van der Waals surface area contributed by atoms with Crippen LogP contribution in [0, 0.1) is 0 Å². The molecule has 3 heteroatoms. The Morgan fingerprint density at radius 3 is 3.08 bits per heavy atom. The number of Topliss-reactive ketones (excluding diaryl/α,β-unsaturated/α-hetero) is 1. The third-order valence-electron chi connectivity index (χ3n) is 1.85. The van der Waals surface area contributed by atoms with E-state index in [0.717, 1.165) is 5.57 Å². The van der Waals surface area contributed by atoms with Crippen LogP contribution < -0.4 is 0 Å². The van der Waals surface area contributed by atoms with Crippen LogP contribution in [0.1, 0.15) is 35.5 Å². The third-order valence-corrected chi connectivity index (χ3v) is 1.85. The van der Waals surface area contributed by atoms with E-state index in [0.29, 0.717) is 23.8 Å². The number of ketones is 1. The molecule has 1 heterocycles. The molecule has 3 nitrogen and oxygen atoms in total. The number of hydrogen-bond acceptors (Lipinski definition) is 3. The van der Waals surface area contributed by atoms with E-state index in [1.165, 1.54) is 0 Å². The van der Waals surface area contributed by atoms with Crippen LogP contribution in [0.25, 0.3) is 11.6 Å². The maximum Gasteiger partial charge on any atom is 0.222 e. The van der Waals surface area contributed by atoms with Crippen molar-refractivity contribution in [2.45, 2.75) is 13.3 Å². The summed E-state index contributed by atoms with van der Waals surface area (Å²) in [5, 5.41) is 0. The number of nitrogens with zero attached hydrogens (tertiary/aromatic N) is 1. The first-order valence-corrected chi connectivity index (χ1v) is 4.05. The molecule has 0 saturated carbocycles. The molecule has 0 amide bonds. The number of carbonyl (C=O) groups is 1. The third kappa shape index (κ3) is 1.22. The van der Waals surface area contributed by atoms with Crippen molar-refractivity contribution >= 4 is 17.4 Å². The van der Waals surface area contributed by atoms with Crippen molar-refractivity contribution in [3.05, 3.63) is 30.0 Å². The molecule has 0 bridgehead atoms. The predicted octanol–water partition coefficient (Wildman–Crippen LogP) is 2.31. The van der Waals surface area contributed by atoms with E-state index in [9.17, 15) is 4.79 Å². The van der Waals surface area contributed by atoms with Crippen molar-refractivity contribution in [2.24, 2.45) is 0 Å². The van der Waals surface area contributed by atoms with Gasteiger partial charge in [-0.25, -0.2) is 4.98 Å². The topological polar surface area (TPSA) is 43.1 Å². The summed E-state index contributed by atoms with van der Waals surface area (Å²) in [6, 6.07) is 0. The van der Waals surface area contributed by atoms with Gasteiger partial charge in [0.2, 0.25) is 11.7 Å². The summed E-state index contributed by atoms with van der Waals surface area (Å²) in [7, 11) is 0. The molecule has 1 aromatic heterocycles. The maximum atomic E-state index is 11.3. The second-order valence-corrected chi connectivity index (χ2v) is 3.04. The molecule has 2 rings (SSSR count). The Kier molecular flexibility index (Phi) is 1.65. The summed E-state index contributed by atoms with van der Waals surface area (Å²) in [6.07, 6.45) is 3.99. The van der Waals surface area contributed by atoms with Gasteiger partial charge < -0.3 is 4.42 Å². The summed E-state index contributed by atoms with van der Waals surface area (Å²) in [5.74, 6) is 0.794. The lowest BCUT2D eigenvalue weighted by molar-refractivity contribution is 0.0967. The van der Waals surface area contributed by atoms with Crippen molar-refractivity contribution in [1.82, 2.24) is 4.98 Å². The molecule has 0 aromatic carbocycles. The number of allylic oxidation sites excluding steroid dienone is 2. The van der Waals surface area contributed by atoms with Gasteiger partial charge in [-0.05, 0) is 13.0 Å². The fourth-order valence-electron chi connectivity index (χ4n) is 1.20. The minimum Gasteiger partial charge on any atom is -0.433 e. The number of aromatic nitrogens is 1. The van der Waals surface area contributed by atoms with Gasteiger partial charge in [0.05, 0.1) is 0 Å². The molecule has 0 aliphatic heterocycles. The van der Waals surface area contributed by atoms with E-state index in [2.05, 4.69) is 11.6 Å². The first-order chi connectivity index (χ1) is 6.18. The Bertz CT molecular complexity index is 413. The molecular formula is C10H9NO2. The zero-order valence-corrected chi connectivity index (χ0v) is 7.33. The summed E-state index contributed by atoms with van der Waals surface area (Å²) in [4.78, 5) is 15.4. The number of oxazole rings is 1. The van der Waals surface area contributed by atoms with E-state index in [4.69, 9.17) is 4.42 Å². The van der Waals surface area contributed by atoms with Crippen molar-refractivity contribution in [3.8, 4) is 0 Å². The van der Waals surface area contributed by atoms with Crippen molar-refractivity contribution < 1.29 is 9.21 Å². The zero-order valence-electron chi connectivity index (χ0n) is 7.33. The molecule has 0 atom stereocenters. The Labute approximate surface area is 75.8 Å². The van der Waals surface area contributed by atoms with Crippen LogP contribution in [-0.4, -0.2) is 10.8 Å². The maximum absolute atomic E-state index is 11.3. The molecule has 0 saturated heterocycles. The zero-order chi connectivity index (χ0) is 9.42. The summed E-state index contributed by atoms with van der Waals surface area (Å²) in [6.45, 7) is 5.50. The molecule has 0 spiro atoms. The lowest BCUT2D eigenvalue weighted by Gasteiger charge is -1.97. The van der Waals surface area contributed by atoms with Gasteiger partial charge in [-0.1, -0.05) is 12.7 Å². The number of fused-ring (bicyclic) bond motifs is 1. The monoisotopic (exact) mass is 175 g/mol. The average Bonchev–Trinajstić information content (AvgIpc) is 2.49. The Morgan fingerprint density at radius 2 is 2.46 bits per heavy atom. The largest absolute Gasteiger partial charge is 0.433 e. The Balaban J connectivity index is 2.55. The standard InChI is InChI=1S/C10H9NO2/c1-6(2)10-11-7-4-3-5-8(12)9(7)13-10/h3-4H,1,5H2,2H3. The summed E-state index contributed by atoms with van der Waals surface area (Å²) < 4.78 is 5.27. The van der Waals surface area contributed by atoms with Gasteiger partial charge in [-0.3, -0.25) is 4.79 Å². The van der Waals surface area contributed by atoms with E-state index >= 15 is 0 Å². The van der Waals surface area contributed by atoms with Gasteiger partial charge in [0.15, 0.2) is 5.76 Å². The molecular weight excluding hydrogens is 166 g/mol. The molecule has 1 aromatic rings. The highest BCUT2D eigenvalue weighted by Crippen LogP contribution is 2.22. The normalized spacial score (nSPS) is 14.4. The minimum absolute atomic E-state index is 0.0162. The van der Waals surface area contributed by atoms with Crippen LogP contribution in [0.5, 0.6) is 0 Å². The van der Waals surface area contributed by atoms with E-state index in [1.54, 1.807) is 19.1 Å². The number of carbonyl (C=O) groups excluding carboxylic acids is 1. The average molecular weight is 175 g/mol. The molecule has 0 radical (unpaired) electrons. The second-order valence-electron chi connectivity index (χ2n) is 3.04. The minimum atomic E-state index is -0.0162. The molecule has 0 N–H and O–H groups in total. The van der Waals surface area contributed by atoms with Crippen LogP contribution >= 0.6 is 0 Å². The summed E-state index contributed by atoms with van der Waals surface area (Å²) in [5.41, 5.74) is 1.35. The van der Waals surface area contributed by atoms with Crippen LogP contribution in [0.15, 0.2) is 17.1 Å². The highest BCUT2D eigenvalue weighted by Gasteiger charge is 2.20. The predicted molar refractivity (Wildman–Crippen MR) is 49.2 cm³/mol. The summed E-state index contributed by atoms with van der Waals surface area (Å²) >= 11 is 0. The van der Waals surface area contributed by atoms with Crippen molar-refractivity contribution in [1.29, 1.82) is 0 Å². The van der Waals surface area contributed by atoms with Gasteiger partial charge in [0.1, 0.15) is 5.69 Å². The molecule has 0 unspecified atom stereocenters. The van der Waals surface area contributed by atoms with Gasteiger partial charge in [-0.2, -0.15) is 0 Å². The molecule has 1 aliphatic carbocycles. The number of rotatable bonds is 1. The van der Waals surface area contributed by atoms with Gasteiger partial charge in [-0.15, -0.1) is 0 Å². The SMILES string of the molecule is C=C(C)c1nc2c(o1)C(=O)CC=C2. The Hall–Kier alpha value is -1.64. The van der Waals surface area contributed by atoms with Gasteiger partial charge >= 0.3 is 0 Å². The molecule has 66 valence electrons. The quantitative estimate of drug-likeness (QED) is 0.657. The van der Waals surface area contributed by atoms with Gasteiger partial charge in [0, 0.05) is 12.0 Å². The molecule has 13 heavy (non-hydrogen) atoms. The van der Waals surface area contributed by atoms with E-state index in [-0.39, 0.29) is 5.78 Å². The number of hydrogen-bond donors (Lipinski definition) is 0. The van der Waals surface area contributed by atoms with E-state index in [1.807, 2.05) is 0 Å².